The number of carbonyl (C=O) groups is 1. The van der Waals surface area contributed by atoms with Gasteiger partial charge in [0.2, 0.25) is 12.8 Å². The lowest BCUT2D eigenvalue weighted by Gasteiger charge is -2.07. The molecule has 0 aromatic rings. The first-order valence-corrected chi connectivity index (χ1v) is 22.4. The van der Waals surface area contributed by atoms with Crippen molar-refractivity contribution in [2.45, 2.75) is 0 Å². The van der Waals surface area contributed by atoms with Gasteiger partial charge in [0.05, 0.1) is 23.6 Å². The van der Waals surface area contributed by atoms with E-state index in [4.69, 9.17) is 29.4 Å². The summed E-state index contributed by atoms with van der Waals surface area (Å²) < 4.78 is 5.15. The van der Waals surface area contributed by atoms with E-state index in [0.29, 0.717) is 35.4 Å². The van der Waals surface area contributed by atoms with Gasteiger partial charge < -0.3 is 24.9 Å². The number of hydrogen-bond donors (Lipinski definition) is 3. The zero-order valence-corrected chi connectivity index (χ0v) is 29.4. The standard InChI is InChI=1S/C17H33N3O7S11/c21-6-31-12-33-8-27-25-2-19-4-29-10-35-15-36-11-30-5-20-17(22)23-7-32-13-37-16-38-14-34-9-26-24-1-18-3-28/h1-2,21,28H,3-16H2,(H,20,22). The topological polar surface area (TPSA) is 120 Å². The van der Waals surface area contributed by atoms with E-state index >= 15 is 0 Å². The smallest absolute Gasteiger partial charge is 0.408 e. The summed E-state index contributed by atoms with van der Waals surface area (Å²) in [6, 6.07) is 0. The van der Waals surface area contributed by atoms with E-state index in [1.165, 1.54) is 36.3 Å². The van der Waals surface area contributed by atoms with Crippen LogP contribution in [0.25, 0.3) is 0 Å². The van der Waals surface area contributed by atoms with Crippen LogP contribution in [0.2, 0.25) is 0 Å². The van der Waals surface area contributed by atoms with Crippen molar-refractivity contribution in [1.29, 1.82) is 0 Å². The molecule has 38 heavy (non-hydrogen) atoms. The molecule has 0 saturated carbocycles. The molecule has 0 fully saturated rings. The molecule has 21 heteroatoms. The average Bonchev–Trinajstić information content (AvgIpc) is 2.92. The molecule has 0 radical (unpaired) electrons. The van der Waals surface area contributed by atoms with Crippen LogP contribution in [0.3, 0.4) is 0 Å². The van der Waals surface area contributed by atoms with Crippen molar-refractivity contribution < 1.29 is 34.2 Å². The zero-order chi connectivity index (χ0) is 27.6. The first-order chi connectivity index (χ1) is 18.8. The van der Waals surface area contributed by atoms with Crippen LogP contribution in [0.5, 0.6) is 0 Å². The number of aliphatic hydroxyl groups excluding tert-OH is 1. The van der Waals surface area contributed by atoms with Crippen molar-refractivity contribution >= 4 is 149 Å². The van der Waals surface area contributed by atoms with Crippen LogP contribution in [0.1, 0.15) is 0 Å². The summed E-state index contributed by atoms with van der Waals surface area (Å²) in [6.45, 7) is 0. The van der Waals surface area contributed by atoms with Crippen molar-refractivity contribution in [3.05, 3.63) is 0 Å². The van der Waals surface area contributed by atoms with Gasteiger partial charge in [-0.3, -0.25) is 0 Å². The van der Waals surface area contributed by atoms with Crippen LogP contribution in [-0.4, -0.2) is 101 Å². The third-order valence-electron chi connectivity index (χ3n) is 2.73. The second kappa shape index (κ2) is 37.0. The predicted octanol–water partition coefficient (Wildman–Crippen LogP) is 6.32. The minimum atomic E-state index is -0.382. The van der Waals surface area contributed by atoms with Gasteiger partial charge in [-0.05, 0) is 0 Å². The number of alkyl carbamates (subject to hydrolysis) is 1. The van der Waals surface area contributed by atoms with Gasteiger partial charge in [-0.15, -0.1) is 118 Å². The number of aliphatic hydroxyl groups is 1. The van der Waals surface area contributed by atoms with Crippen molar-refractivity contribution in [2.75, 3.05) is 77.0 Å². The fraction of sp³-hybridized carbons (Fsp3) is 0.824. The normalized spacial score (nSPS) is 11.4. The Balaban J connectivity index is 3.20. The van der Waals surface area contributed by atoms with Crippen LogP contribution in [-0.2, 0) is 24.3 Å². The van der Waals surface area contributed by atoms with E-state index in [9.17, 15) is 4.79 Å². The van der Waals surface area contributed by atoms with E-state index in [2.05, 4.69) is 27.9 Å². The van der Waals surface area contributed by atoms with Gasteiger partial charge in [0.15, 0.2) is 0 Å². The second-order valence-corrected chi connectivity index (χ2v) is 17.9. The highest BCUT2D eigenvalue weighted by Gasteiger charge is 2.01. The van der Waals surface area contributed by atoms with Crippen LogP contribution < -0.4 is 5.32 Å². The Hall–Kier alpha value is 1.94. The van der Waals surface area contributed by atoms with Crippen LogP contribution in [0.15, 0.2) is 9.98 Å². The number of hydrogen-bond acceptors (Lipinski definition) is 20. The van der Waals surface area contributed by atoms with E-state index in [1.54, 1.807) is 70.6 Å². The molecule has 0 spiro atoms. The maximum absolute atomic E-state index is 11.7. The molecule has 0 aliphatic carbocycles. The summed E-state index contributed by atoms with van der Waals surface area (Å²) in [7, 11) is 0. The fourth-order valence-corrected chi connectivity index (χ4v) is 10.9. The van der Waals surface area contributed by atoms with Crippen molar-refractivity contribution in [1.82, 2.24) is 5.32 Å². The number of amides is 1. The lowest BCUT2D eigenvalue weighted by Crippen LogP contribution is -2.23. The molecule has 1 amide bonds. The summed E-state index contributed by atoms with van der Waals surface area (Å²) in [5.41, 5.74) is 0. The van der Waals surface area contributed by atoms with Gasteiger partial charge in [0, 0.05) is 35.6 Å². The summed E-state index contributed by atoms with van der Waals surface area (Å²) in [6.07, 6.45) is 2.16. The average molecular weight is 744 g/mol. The minimum Gasteiger partial charge on any atom is -0.438 e. The largest absolute Gasteiger partial charge is 0.438 e. The molecule has 0 aromatic carbocycles. The summed E-state index contributed by atoms with van der Waals surface area (Å²) >= 11 is 20.6. The number of rotatable bonds is 30. The Labute approximate surface area is 273 Å². The Kier molecular flexibility index (Phi) is 38.9. The molecular weight excluding hydrogens is 711 g/mol. The van der Waals surface area contributed by atoms with Crippen molar-refractivity contribution in [3.63, 3.8) is 0 Å². The molecule has 0 aliphatic rings. The molecule has 2 N–H and O–H groups in total. The van der Waals surface area contributed by atoms with Gasteiger partial charge in [-0.25, -0.2) is 14.8 Å². The number of nitrogens with one attached hydrogen (secondary N) is 1. The van der Waals surface area contributed by atoms with E-state index in [-0.39, 0.29) is 12.0 Å². The van der Waals surface area contributed by atoms with Crippen LogP contribution in [0, 0.1) is 0 Å². The van der Waals surface area contributed by atoms with Crippen LogP contribution >= 0.6 is 130 Å². The number of ether oxygens (including phenoxy) is 1. The van der Waals surface area contributed by atoms with Crippen molar-refractivity contribution in [2.24, 2.45) is 9.98 Å². The number of nitrogens with zero attached hydrogens (tertiary/aromatic N) is 2. The van der Waals surface area contributed by atoms with Gasteiger partial charge in [0.1, 0.15) is 17.8 Å². The maximum Gasteiger partial charge on any atom is 0.408 e. The lowest BCUT2D eigenvalue weighted by molar-refractivity contribution is -0.196. The molecule has 0 heterocycles. The van der Waals surface area contributed by atoms with Crippen molar-refractivity contribution in [3.8, 4) is 0 Å². The highest BCUT2D eigenvalue weighted by molar-refractivity contribution is 8.26. The highest BCUT2D eigenvalue weighted by Crippen LogP contribution is 2.22. The highest BCUT2D eigenvalue weighted by atomic mass is 32.3. The summed E-state index contributed by atoms with van der Waals surface area (Å²) in [4.78, 5) is 38.8. The molecular formula is C17H33N3O7S11. The van der Waals surface area contributed by atoms with Gasteiger partial charge in [0.25, 0.3) is 0 Å². The monoisotopic (exact) mass is 743 g/mol. The second-order valence-electron chi connectivity index (χ2n) is 5.38. The molecule has 0 unspecified atom stereocenters. The lowest BCUT2D eigenvalue weighted by atomic mass is 11.1. The van der Waals surface area contributed by atoms with E-state index in [1.807, 2.05) is 23.5 Å². The van der Waals surface area contributed by atoms with Gasteiger partial charge in [-0.1, -0.05) is 0 Å². The summed E-state index contributed by atoms with van der Waals surface area (Å²) in [5.74, 6) is 2.82. The van der Waals surface area contributed by atoms with Crippen LogP contribution in [0.4, 0.5) is 4.79 Å². The SMILES string of the molecule is O=C(NCSCSCSCSCN=COOCSCSCO)OCSCSCSCSCOOC=NCS. The van der Waals surface area contributed by atoms with Gasteiger partial charge >= 0.3 is 6.09 Å². The quantitative estimate of drug-likeness (QED) is 0.0145. The predicted molar refractivity (Wildman–Crippen MR) is 186 cm³/mol. The van der Waals surface area contributed by atoms with Gasteiger partial charge in [-0.2, -0.15) is 22.4 Å². The minimum absolute atomic E-state index is 0.111. The summed E-state index contributed by atoms with van der Waals surface area (Å²) in [5, 5.41) is 17.7. The molecule has 0 aliphatic heterocycles. The Morgan fingerprint density at radius 2 is 1.24 bits per heavy atom. The number of aliphatic imine (C=N–C) groups is 2. The Morgan fingerprint density at radius 3 is 1.87 bits per heavy atom. The first-order valence-electron chi connectivity index (χ1n) is 10.2. The first kappa shape index (κ1) is 39.9. The van der Waals surface area contributed by atoms with E-state index < -0.39 is 0 Å². The Bertz CT molecular complexity index is 564. The molecule has 0 bridgehead atoms. The zero-order valence-electron chi connectivity index (χ0n) is 20.4. The number of thioether (sulfide) groups is 10. The molecule has 0 aromatic heterocycles. The maximum atomic E-state index is 11.7. The fourth-order valence-electron chi connectivity index (χ4n) is 1.38. The third kappa shape index (κ3) is 36.0. The molecule has 0 atom stereocenters. The number of carbonyl (C=O) groups excluding carboxylic acids is 1. The van der Waals surface area contributed by atoms with E-state index in [0.717, 1.165) is 35.6 Å². The molecule has 10 nitrogen and oxygen atoms in total. The third-order valence-corrected chi connectivity index (χ3v) is 13.9. The molecule has 0 saturated heterocycles. The Morgan fingerprint density at radius 1 is 0.711 bits per heavy atom. The molecule has 224 valence electrons. The molecule has 0 rings (SSSR count). The number of thiol groups is 1.